The second kappa shape index (κ2) is 6.07. The Morgan fingerprint density at radius 3 is 2.54 bits per heavy atom. The van der Waals surface area contributed by atoms with Gasteiger partial charge in [0.25, 0.3) is 0 Å². The Balaban J connectivity index is 2.28. The average Bonchev–Trinajstić information content (AvgIpc) is 2.04. The molecule has 0 aromatic carbocycles. The van der Waals surface area contributed by atoms with E-state index < -0.39 is 0 Å². The number of nitrogens with zero attached hydrogens (tertiary/aromatic N) is 1. The van der Waals surface area contributed by atoms with Crippen LogP contribution < -0.4 is 17.2 Å². The Labute approximate surface area is 101 Å². The molecule has 1 aliphatic heterocycles. The van der Waals surface area contributed by atoms with E-state index in [2.05, 4.69) is 37.4 Å². The first-order valence-electron chi connectivity index (χ1n) is 4.64. The molecule has 1 heterocycles. The molecule has 0 atom stereocenters. The fourth-order valence-electron chi connectivity index (χ4n) is 1.54. The van der Waals surface area contributed by atoms with Gasteiger partial charge >= 0.3 is 102 Å². The maximum atomic E-state index is 5.34. The van der Waals surface area contributed by atoms with E-state index in [1.807, 2.05) is 0 Å². The van der Waals surface area contributed by atoms with Gasteiger partial charge in [0.05, 0.1) is 0 Å². The first kappa shape index (κ1) is 12.4. The minimum absolute atomic E-state index is 0.401. The summed E-state index contributed by atoms with van der Waals surface area (Å²) < 4.78 is 6.76. The van der Waals surface area contributed by atoms with Gasteiger partial charge in [-0.25, -0.2) is 0 Å². The molecule has 0 radical (unpaired) electrons. The summed E-state index contributed by atoms with van der Waals surface area (Å²) in [7, 11) is 0. The van der Waals surface area contributed by atoms with Gasteiger partial charge in [-0.2, -0.15) is 0 Å². The number of hydrogen-bond donors (Lipinski definition) is 0. The van der Waals surface area contributed by atoms with Crippen molar-refractivity contribution in [3.8, 4) is 0 Å². The van der Waals surface area contributed by atoms with Gasteiger partial charge in [-0.15, -0.1) is 0 Å². The first-order chi connectivity index (χ1) is 6.14. The molecule has 13 heavy (non-hydrogen) atoms. The van der Waals surface area contributed by atoms with Crippen molar-refractivity contribution < 1.29 is 22.0 Å². The average molecular weight is 410 g/mol. The van der Waals surface area contributed by atoms with E-state index in [1.54, 1.807) is 0 Å². The van der Waals surface area contributed by atoms with Crippen molar-refractivity contribution >= 4 is 18.6 Å². The van der Waals surface area contributed by atoms with Gasteiger partial charge in [0.15, 0.2) is 0 Å². The molecule has 4 heteroatoms. The van der Waals surface area contributed by atoms with Crippen molar-refractivity contribution in [1.29, 1.82) is 0 Å². The zero-order chi connectivity index (χ0) is 9.73. The first-order valence-corrected chi connectivity index (χ1v) is 12.5. The van der Waals surface area contributed by atoms with Crippen LogP contribution in [0.5, 0.6) is 0 Å². The van der Waals surface area contributed by atoms with Crippen molar-refractivity contribution in [1.82, 2.24) is 4.90 Å². The molecule has 2 nitrogen and oxygen atoms in total. The summed E-state index contributed by atoms with van der Waals surface area (Å²) >= 11 is 2.97. The monoisotopic (exact) mass is 410 g/mol. The second-order valence-corrected chi connectivity index (χ2v) is 9.49. The van der Waals surface area contributed by atoms with Crippen LogP contribution in [-0.2, 0) is 4.74 Å². The molecule has 1 aliphatic rings. The number of alkyl halides is 1. The molecule has 0 bridgehead atoms. The van der Waals surface area contributed by atoms with Crippen LogP contribution in [0.1, 0.15) is 13.8 Å². The third-order valence-corrected chi connectivity index (χ3v) is 6.45. The summed E-state index contributed by atoms with van der Waals surface area (Å²) in [6, 6.07) is 0. The minimum atomic E-state index is 0.401. The maximum absolute atomic E-state index is 5.34. The van der Waals surface area contributed by atoms with Crippen LogP contribution in [0.15, 0.2) is 0 Å². The number of hydrogen-bond acceptors (Lipinski definition) is 2. The Bertz CT molecular complexity index is 147. The van der Waals surface area contributed by atoms with E-state index in [-0.39, 0.29) is 0 Å². The Kier molecular flexibility index (Phi) is 5.81. The Hall–Kier alpha value is 1.38. The van der Waals surface area contributed by atoms with Gasteiger partial charge < -0.3 is 0 Å². The molecule has 1 fully saturated rings. The van der Waals surface area contributed by atoms with Crippen molar-refractivity contribution in [2.24, 2.45) is 5.41 Å². The van der Waals surface area contributed by atoms with Gasteiger partial charge in [0.2, 0.25) is 0 Å². The number of morpholine rings is 1. The molecular formula is C9H18I2NO-. The molecule has 0 N–H and O–H groups in total. The molecule has 80 valence electrons. The van der Waals surface area contributed by atoms with Crippen molar-refractivity contribution in [2.45, 2.75) is 13.8 Å². The van der Waals surface area contributed by atoms with E-state index in [1.165, 1.54) is 11.0 Å². The van der Waals surface area contributed by atoms with Crippen LogP contribution in [0, 0.1) is 5.41 Å². The molecule has 1 saturated heterocycles. The van der Waals surface area contributed by atoms with E-state index in [0.717, 1.165) is 26.3 Å². The number of ether oxygens (including phenoxy) is 1. The van der Waals surface area contributed by atoms with E-state index >= 15 is 0 Å². The fraction of sp³-hybridized carbons (Fsp3) is 1.00. The normalized spacial score (nSPS) is 20.8. The van der Waals surface area contributed by atoms with Gasteiger partial charge in [-0.3, -0.25) is 0 Å². The number of halogens is 2. The molecule has 0 spiro atoms. The van der Waals surface area contributed by atoms with Crippen LogP contribution in [0.2, 0.25) is 0 Å². The topological polar surface area (TPSA) is 12.5 Å². The van der Waals surface area contributed by atoms with Crippen LogP contribution in [0.4, 0.5) is 0 Å². The predicted octanol–water partition coefficient (Wildman–Crippen LogP) is -1.22. The second-order valence-electron chi connectivity index (χ2n) is 4.29. The zero-order valence-electron chi connectivity index (χ0n) is 8.35. The summed E-state index contributed by atoms with van der Waals surface area (Å²) in [4.78, 5) is 2.54. The summed E-state index contributed by atoms with van der Waals surface area (Å²) in [5.41, 5.74) is 0.520. The molecule has 0 aromatic heterocycles. The van der Waals surface area contributed by atoms with Crippen LogP contribution >= 0.6 is 18.6 Å². The molecule has 0 unspecified atom stereocenters. The van der Waals surface area contributed by atoms with Crippen LogP contribution in [-0.4, -0.2) is 42.2 Å². The standard InChI is InChI=1S/C9H18I2NO/c1-9(2,7-11-10)8-12-3-5-13-6-4-12/h3-8H2,1-2H3/q-1. The molecule has 0 aromatic rings. The van der Waals surface area contributed by atoms with Gasteiger partial charge in [-0.1, -0.05) is 0 Å². The van der Waals surface area contributed by atoms with Crippen molar-refractivity contribution in [3.63, 3.8) is 0 Å². The summed E-state index contributed by atoms with van der Waals surface area (Å²) in [6.45, 7) is 10.1. The number of rotatable bonds is 4. The van der Waals surface area contributed by atoms with Crippen molar-refractivity contribution in [3.05, 3.63) is 0 Å². The van der Waals surface area contributed by atoms with Crippen LogP contribution in [0.3, 0.4) is 0 Å². The summed E-state index contributed by atoms with van der Waals surface area (Å²) in [5, 5.41) is 0. The van der Waals surface area contributed by atoms with Gasteiger partial charge in [0.1, 0.15) is 0 Å². The third-order valence-electron chi connectivity index (χ3n) is 2.17. The van der Waals surface area contributed by atoms with Crippen molar-refractivity contribution in [2.75, 3.05) is 37.3 Å². The molecule has 0 aliphatic carbocycles. The third kappa shape index (κ3) is 5.13. The predicted molar refractivity (Wildman–Crippen MR) is 59.9 cm³/mol. The van der Waals surface area contributed by atoms with E-state index in [0.29, 0.717) is 22.6 Å². The zero-order valence-corrected chi connectivity index (χ0v) is 12.7. The molecular weight excluding hydrogens is 392 g/mol. The Morgan fingerprint density at radius 1 is 1.38 bits per heavy atom. The quantitative estimate of drug-likeness (QED) is 0.426. The van der Waals surface area contributed by atoms with Crippen LogP contribution in [0.25, 0.3) is 0 Å². The van der Waals surface area contributed by atoms with Gasteiger partial charge in [0, 0.05) is 0 Å². The fourth-order valence-corrected chi connectivity index (χ4v) is 7.80. The summed E-state index contributed by atoms with van der Waals surface area (Å²) in [5.74, 6) is 0. The Morgan fingerprint density at radius 2 is 2.00 bits per heavy atom. The SMILES string of the molecule is CC(C)(C[I-]I)CN1CCOCC1. The summed E-state index contributed by atoms with van der Waals surface area (Å²) in [6.07, 6.45) is 0. The molecule has 1 rings (SSSR count). The van der Waals surface area contributed by atoms with E-state index in [4.69, 9.17) is 4.74 Å². The molecule has 0 saturated carbocycles. The van der Waals surface area contributed by atoms with Gasteiger partial charge in [-0.05, 0) is 0 Å². The molecule has 0 amide bonds. The van der Waals surface area contributed by atoms with E-state index in [9.17, 15) is 0 Å².